The maximum absolute atomic E-state index is 12.6. The molecule has 150 valence electrons. The van der Waals surface area contributed by atoms with Gasteiger partial charge in [0, 0.05) is 57.2 Å². The lowest BCUT2D eigenvalue weighted by Gasteiger charge is -2.35. The first-order valence-electron chi connectivity index (χ1n) is 10.3. The van der Waals surface area contributed by atoms with Gasteiger partial charge in [0.25, 0.3) is 0 Å². The summed E-state index contributed by atoms with van der Waals surface area (Å²) in [6.45, 7) is 7.40. The molecule has 0 N–H and O–H groups in total. The Morgan fingerprint density at radius 1 is 0.966 bits per heavy atom. The summed E-state index contributed by atoms with van der Waals surface area (Å²) >= 11 is 0. The van der Waals surface area contributed by atoms with E-state index in [-0.39, 0.29) is 5.91 Å². The van der Waals surface area contributed by atoms with E-state index in [2.05, 4.69) is 45.6 Å². The van der Waals surface area contributed by atoms with Crippen LogP contribution in [0.3, 0.4) is 0 Å². The lowest BCUT2D eigenvalue weighted by atomic mass is 10.1. The first-order valence-corrected chi connectivity index (χ1v) is 10.3. The zero-order valence-corrected chi connectivity index (χ0v) is 17.0. The van der Waals surface area contributed by atoms with Crippen molar-refractivity contribution in [3.05, 3.63) is 78.1 Å². The fourth-order valence-corrected chi connectivity index (χ4v) is 3.92. The van der Waals surface area contributed by atoms with Crippen molar-refractivity contribution in [1.29, 1.82) is 0 Å². The molecule has 0 aliphatic carbocycles. The summed E-state index contributed by atoms with van der Waals surface area (Å²) in [6, 6.07) is 18.5. The molecule has 0 radical (unpaired) electrons. The Labute approximate surface area is 172 Å². The number of amides is 1. The Morgan fingerprint density at radius 2 is 1.76 bits per heavy atom. The van der Waals surface area contributed by atoms with Crippen LogP contribution in [0.25, 0.3) is 11.4 Å². The Kier molecular flexibility index (Phi) is 6.06. The van der Waals surface area contributed by atoms with Crippen LogP contribution >= 0.6 is 0 Å². The molecule has 1 aliphatic heterocycles. The van der Waals surface area contributed by atoms with Crippen LogP contribution in [0, 0.1) is 6.92 Å². The molecular formula is C24H28N4O. The fraction of sp³-hybridized carbons (Fsp3) is 0.333. The molecular weight excluding hydrogens is 360 g/mol. The van der Waals surface area contributed by atoms with E-state index in [9.17, 15) is 4.79 Å². The van der Waals surface area contributed by atoms with Gasteiger partial charge in [-0.25, -0.2) is 4.98 Å². The SMILES string of the molecule is Cc1cccc(CC(=O)N2CCN(CCn3ccnc3-c3ccccc3)CC2)c1. The van der Waals surface area contributed by atoms with E-state index < -0.39 is 0 Å². The third-order valence-electron chi connectivity index (χ3n) is 5.57. The normalized spacial score (nSPS) is 14.9. The topological polar surface area (TPSA) is 41.4 Å². The van der Waals surface area contributed by atoms with E-state index in [4.69, 9.17) is 0 Å². The van der Waals surface area contributed by atoms with E-state index in [1.807, 2.05) is 47.6 Å². The van der Waals surface area contributed by atoms with Crippen LogP contribution in [0.2, 0.25) is 0 Å². The predicted octanol–water partition coefficient (Wildman–Crippen LogP) is 3.25. The van der Waals surface area contributed by atoms with Gasteiger partial charge in [-0.05, 0) is 12.5 Å². The number of imidazole rings is 1. The van der Waals surface area contributed by atoms with Crippen LogP contribution in [0.1, 0.15) is 11.1 Å². The lowest BCUT2D eigenvalue weighted by Crippen LogP contribution is -2.49. The zero-order valence-electron chi connectivity index (χ0n) is 17.0. The quantitative estimate of drug-likeness (QED) is 0.651. The number of benzene rings is 2. The number of carbonyl (C=O) groups is 1. The van der Waals surface area contributed by atoms with Crippen molar-refractivity contribution in [3.63, 3.8) is 0 Å². The van der Waals surface area contributed by atoms with Crippen molar-refractivity contribution in [2.75, 3.05) is 32.7 Å². The Hall–Kier alpha value is -2.92. The van der Waals surface area contributed by atoms with E-state index in [1.54, 1.807) is 0 Å². The second-order valence-corrected chi connectivity index (χ2v) is 7.70. The minimum Gasteiger partial charge on any atom is -0.340 e. The average molecular weight is 389 g/mol. The van der Waals surface area contributed by atoms with Crippen molar-refractivity contribution in [2.24, 2.45) is 0 Å². The van der Waals surface area contributed by atoms with Crippen molar-refractivity contribution in [1.82, 2.24) is 19.4 Å². The molecule has 2 aromatic carbocycles. The van der Waals surface area contributed by atoms with Crippen molar-refractivity contribution in [3.8, 4) is 11.4 Å². The van der Waals surface area contributed by atoms with Gasteiger partial charge in [-0.1, -0.05) is 60.2 Å². The smallest absolute Gasteiger partial charge is 0.227 e. The highest BCUT2D eigenvalue weighted by Crippen LogP contribution is 2.17. The van der Waals surface area contributed by atoms with Crippen molar-refractivity contribution >= 4 is 5.91 Å². The van der Waals surface area contributed by atoms with E-state index in [0.717, 1.165) is 56.2 Å². The molecule has 0 bridgehead atoms. The molecule has 4 rings (SSSR count). The molecule has 0 unspecified atom stereocenters. The molecule has 29 heavy (non-hydrogen) atoms. The van der Waals surface area contributed by atoms with Gasteiger partial charge in [-0.15, -0.1) is 0 Å². The van der Waals surface area contributed by atoms with Gasteiger partial charge in [0.05, 0.1) is 6.42 Å². The molecule has 5 heteroatoms. The number of aromatic nitrogens is 2. The minimum absolute atomic E-state index is 0.233. The van der Waals surface area contributed by atoms with Gasteiger partial charge in [0.15, 0.2) is 0 Å². The summed E-state index contributed by atoms with van der Waals surface area (Å²) in [4.78, 5) is 21.6. The highest BCUT2D eigenvalue weighted by Gasteiger charge is 2.21. The molecule has 1 saturated heterocycles. The van der Waals surface area contributed by atoms with Crippen LogP contribution in [0.5, 0.6) is 0 Å². The second kappa shape index (κ2) is 9.05. The van der Waals surface area contributed by atoms with Gasteiger partial charge in [0.1, 0.15) is 5.82 Å². The van der Waals surface area contributed by atoms with Gasteiger partial charge in [-0.2, -0.15) is 0 Å². The molecule has 2 heterocycles. The molecule has 1 aromatic heterocycles. The lowest BCUT2D eigenvalue weighted by molar-refractivity contribution is -0.132. The molecule has 5 nitrogen and oxygen atoms in total. The Morgan fingerprint density at radius 3 is 2.52 bits per heavy atom. The number of piperazine rings is 1. The summed E-state index contributed by atoms with van der Waals surface area (Å²) in [5.41, 5.74) is 3.45. The number of aryl methyl sites for hydroxylation is 1. The average Bonchev–Trinajstić information content (AvgIpc) is 3.22. The third kappa shape index (κ3) is 4.93. The Bertz CT molecular complexity index is 942. The second-order valence-electron chi connectivity index (χ2n) is 7.70. The summed E-state index contributed by atoms with van der Waals surface area (Å²) in [6.07, 6.45) is 4.41. The first-order chi connectivity index (χ1) is 14.2. The van der Waals surface area contributed by atoms with E-state index >= 15 is 0 Å². The standard InChI is InChI=1S/C24H28N4O/c1-20-6-5-7-21(18-20)19-23(29)27-15-12-26(13-16-27)14-17-28-11-10-25-24(28)22-8-3-2-4-9-22/h2-11,18H,12-17,19H2,1H3. The molecule has 0 spiro atoms. The summed E-state index contributed by atoms with van der Waals surface area (Å²) in [5, 5.41) is 0. The van der Waals surface area contributed by atoms with Crippen LogP contribution < -0.4 is 0 Å². The van der Waals surface area contributed by atoms with Gasteiger partial charge in [-0.3, -0.25) is 9.69 Å². The van der Waals surface area contributed by atoms with Crippen molar-refractivity contribution < 1.29 is 4.79 Å². The molecule has 0 saturated carbocycles. The number of rotatable bonds is 6. The number of carbonyl (C=O) groups excluding carboxylic acids is 1. The highest BCUT2D eigenvalue weighted by atomic mass is 16.2. The number of hydrogen-bond acceptors (Lipinski definition) is 3. The maximum Gasteiger partial charge on any atom is 0.227 e. The number of nitrogens with zero attached hydrogens (tertiary/aromatic N) is 4. The van der Waals surface area contributed by atoms with Crippen LogP contribution in [-0.2, 0) is 17.8 Å². The molecule has 1 fully saturated rings. The van der Waals surface area contributed by atoms with Crippen LogP contribution in [-0.4, -0.2) is 58.0 Å². The van der Waals surface area contributed by atoms with Crippen LogP contribution in [0.15, 0.2) is 67.0 Å². The highest BCUT2D eigenvalue weighted by molar-refractivity contribution is 5.79. The third-order valence-corrected chi connectivity index (χ3v) is 5.57. The van der Waals surface area contributed by atoms with Gasteiger partial charge in [0.2, 0.25) is 5.91 Å². The van der Waals surface area contributed by atoms with E-state index in [1.165, 1.54) is 5.56 Å². The summed E-state index contributed by atoms with van der Waals surface area (Å²) in [7, 11) is 0. The fourth-order valence-electron chi connectivity index (χ4n) is 3.92. The van der Waals surface area contributed by atoms with Crippen molar-refractivity contribution in [2.45, 2.75) is 19.9 Å². The van der Waals surface area contributed by atoms with Gasteiger partial charge >= 0.3 is 0 Å². The minimum atomic E-state index is 0.233. The molecule has 1 aliphatic rings. The monoisotopic (exact) mass is 388 g/mol. The Balaban J connectivity index is 1.27. The van der Waals surface area contributed by atoms with Crippen LogP contribution in [0.4, 0.5) is 0 Å². The van der Waals surface area contributed by atoms with Gasteiger partial charge < -0.3 is 9.47 Å². The largest absolute Gasteiger partial charge is 0.340 e. The maximum atomic E-state index is 12.6. The summed E-state index contributed by atoms with van der Waals surface area (Å²) in [5.74, 6) is 1.24. The predicted molar refractivity (Wildman–Crippen MR) is 116 cm³/mol. The summed E-state index contributed by atoms with van der Waals surface area (Å²) < 4.78 is 2.21. The first kappa shape index (κ1) is 19.4. The molecule has 0 atom stereocenters. The number of hydrogen-bond donors (Lipinski definition) is 0. The molecule has 1 amide bonds. The van der Waals surface area contributed by atoms with E-state index in [0.29, 0.717) is 6.42 Å². The zero-order chi connectivity index (χ0) is 20.1. The molecule has 3 aromatic rings.